The molecule has 2 aromatic rings. The van der Waals surface area contributed by atoms with Gasteiger partial charge in [0, 0.05) is 13.1 Å². The van der Waals surface area contributed by atoms with Crippen molar-refractivity contribution in [1.29, 1.82) is 0 Å². The summed E-state index contributed by atoms with van der Waals surface area (Å²) >= 11 is 0. The van der Waals surface area contributed by atoms with E-state index in [-0.39, 0.29) is 5.91 Å². The Hall–Kier alpha value is -2.38. The molecule has 0 spiro atoms. The van der Waals surface area contributed by atoms with Crippen molar-refractivity contribution in [3.8, 4) is 5.75 Å². The lowest BCUT2D eigenvalue weighted by Crippen LogP contribution is -2.35. The van der Waals surface area contributed by atoms with E-state index in [4.69, 9.17) is 4.74 Å². The molecule has 1 saturated heterocycles. The lowest BCUT2D eigenvalue weighted by Gasteiger charge is -2.25. The zero-order valence-electron chi connectivity index (χ0n) is 17.7. The van der Waals surface area contributed by atoms with Crippen molar-refractivity contribution in [2.75, 3.05) is 26.2 Å². The average Bonchev–Trinajstić information content (AvgIpc) is 2.75. The summed E-state index contributed by atoms with van der Waals surface area (Å²) in [6, 6.07) is 12.5. The lowest BCUT2D eigenvalue weighted by atomic mass is 10.0. The van der Waals surface area contributed by atoms with Crippen LogP contribution in [0.3, 0.4) is 0 Å². The van der Waals surface area contributed by atoms with Gasteiger partial charge < -0.3 is 10.1 Å². The van der Waals surface area contributed by atoms with E-state index in [1.54, 1.807) is 28.6 Å². The monoisotopic (exact) mass is 430 g/mol. The molecule has 0 unspecified atom stereocenters. The molecule has 0 aromatic heterocycles. The summed E-state index contributed by atoms with van der Waals surface area (Å²) in [6.45, 7) is 5.96. The van der Waals surface area contributed by atoms with Gasteiger partial charge in [-0.3, -0.25) is 4.79 Å². The number of hydrogen-bond acceptors (Lipinski definition) is 4. The first-order valence-electron chi connectivity index (χ1n) is 10.4. The second-order valence-electron chi connectivity index (χ2n) is 7.73. The third-order valence-electron chi connectivity index (χ3n) is 5.41. The number of benzene rings is 2. The zero-order chi connectivity index (χ0) is 21.6. The van der Waals surface area contributed by atoms with Crippen molar-refractivity contribution < 1.29 is 17.9 Å². The molecule has 0 aliphatic carbocycles. The molecule has 2 aromatic carbocycles. The third kappa shape index (κ3) is 5.83. The van der Waals surface area contributed by atoms with E-state index in [1.807, 2.05) is 32.0 Å². The molecule has 6 nitrogen and oxygen atoms in total. The maximum atomic E-state index is 12.7. The number of hydrogen-bond donors (Lipinski definition) is 1. The second kappa shape index (κ2) is 10.1. The highest BCUT2D eigenvalue weighted by Crippen LogP contribution is 2.22. The van der Waals surface area contributed by atoms with Crippen LogP contribution in [0.15, 0.2) is 47.4 Å². The number of ether oxygens (including phenoxy) is 1. The van der Waals surface area contributed by atoms with Crippen LogP contribution in [0.5, 0.6) is 5.75 Å². The predicted molar refractivity (Wildman–Crippen MR) is 117 cm³/mol. The molecule has 1 N–H and O–H groups in total. The quantitative estimate of drug-likeness (QED) is 0.653. The lowest BCUT2D eigenvalue weighted by molar-refractivity contribution is -0.120. The Kier molecular flexibility index (Phi) is 7.50. The largest absolute Gasteiger partial charge is 0.492 e. The summed E-state index contributed by atoms with van der Waals surface area (Å²) in [5, 5.41) is 2.85. The van der Waals surface area contributed by atoms with Crippen LogP contribution in [0.2, 0.25) is 0 Å². The number of sulfonamides is 1. The molecule has 0 bridgehead atoms. The van der Waals surface area contributed by atoms with Gasteiger partial charge in [-0.1, -0.05) is 24.6 Å². The molecule has 162 valence electrons. The van der Waals surface area contributed by atoms with Crippen molar-refractivity contribution in [1.82, 2.24) is 9.62 Å². The van der Waals surface area contributed by atoms with E-state index >= 15 is 0 Å². The molecule has 0 saturated carbocycles. The highest BCUT2D eigenvalue weighted by molar-refractivity contribution is 7.89. The smallest absolute Gasteiger partial charge is 0.243 e. The minimum absolute atomic E-state index is 0.0511. The summed E-state index contributed by atoms with van der Waals surface area (Å²) in [6.07, 6.45) is 3.25. The normalized spacial score (nSPS) is 15.0. The van der Waals surface area contributed by atoms with Gasteiger partial charge in [-0.2, -0.15) is 4.31 Å². The molecule has 0 radical (unpaired) electrons. The zero-order valence-corrected chi connectivity index (χ0v) is 18.5. The third-order valence-corrected chi connectivity index (χ3v) is 7.32. The Morgan fingerprint density at radius 3 is 2.37 bits per heavy atom. The van der Waals surface area contributed by atoms with Crippen molar-refractivity contribution in [3.63, 3.8) is 0 Å². The number of rotatable bonds is 8. The number of nitrogens with one attached hydrogen (secondary N) is 1. The van der Waals surface area contributed by atoms with E-state index in [9.17, 15) is 13.2 Å². The van der Waals surface area contributed by atoms with Crippen LogP contribution in [-0.4, -0.2) is 44.9 Å². The maximum absolute atomic E-state index is 12.7. The van der Waals surface area contributed by atoms with Crippen molar-refractivity contribution in [3.05, 3.63) is 59.2 Å². The van der Waals surface area contributed by atoms with Crippen LogP contribution >= 0.6 is 0 Å². The molecular formula is C23H30N2O4S. The van der Waals surface area contributed by atoms with Gasteiger partial charge in [-0.05, 0) is 67.6 Å². The first-order chi connectivity index (χ1) is 14.4. The molecule has 1 fully saturated rings. The highest BCUT2D eigenvalue weighted by Gasteiger charge is 2.25. The first-order valence-corrected chi connectivity index (χ1v) is 11.9. The number of nitrogens with zero attached hydrogens (tertiary/aromatic N) is 1. The summed E-state index contributed by atoms with van der Waals surface area (Å²) in [7, 11) is -3.43. The average molecular weight is 431 g/mol. The van der Waals surface area contributed by atoms with Crippen LogP contribution in [0, 0.1) is 13.8 Å². The first kappa shape index (κ1) is 22.3. The van der Waals surface area contributed by atoms with Crippen molar-refractivity contribution in [2.24, 2.45) is 0 Å². The number of amides is 1. The molecule has 0 atom stereocenters. The van der Waals surface area contributed by atoms with Gasteiger partial charge >= 0.3 is 0 Å². The van der Waals surface area contributed by atoms with Gasteiger partial charge in [-0.25, -0.2) is 8.42 Å². The second-order valence-corrected chi connectivity index (χ2v) is 9.67. The Morgan fingerprint density at radius 1 is 1.00 bits per heavy atom. The minimum atomic E-state index is -3.43. The van der Waals surface area contributed by atoms with Gasteiger partial charge in [0.25, 0.3) is 0 Å². The molecule has 7 heteroatoms. The van der Waals surface area contributed by atoms with Gasteiger partial charge in [0.15, 0.2) is 0 Å². The Balaban J connectivity index is 1.43. The van der Waals surface area contributed by atoms with E-state index in [2.05, 4.69) is 5.32 Å². The van der Waals surface area contributed by atoms with Gasteiger partial charge in [-0.15, -0.1) is 0 Å². The predicted octanol–water partition coefficient (Wildman–Crippen LogP) is 3.22. The summed E-state index contributed by atoms with van der Waals surface area (Å²) in [5.74, 6) is 0.529. The summed E-state index contributed by atoms with van der Waals surface area (Å²) < 4.78 is 32.5. The van der Waals surface area contributed by atoms with Crippen LogP contribution in [-0.2, 0) is 21.2 Å². The highest BCUT2D eigenvalue weighted by atomic mass is 32.2. The Morgan fingerprint density at radius 2 is 1.70 bits per heavy atom. The molecule has 1 aliphatic rings. The fourth-order valence-corrected chi connectivity index (χ4v) is 5.00. The van der Waals surface area contributed by atoms with Crippen LogP contribution in [0.1, 0.15) is 36.0 Å². The molecule has 1 amide bonds. The molecular weight excluding hydrogens is 400 g/mol. The SMILES string of the molecule is Cc1ccc(CC(=O)NCCOc2ccc(S(=O)(=O)N3CCCCC3)cc2)cc1C. The Labute approximate surface area is 179 Å². The summed E-state index contributed by atoms with van der Waals surface area (Å²) in [4.78, 5) is 12.4. The fraction of sp³-hybridized carbons (Fsp3) is 0.435. The Bertz CT molecular complexity index is 965. The number of aryl methyl sites for hydroxylation is 2. The molecule has 30 heavy (non-hydrogen) atoms. The minimum Gasteiger partial charge on any atom is -0.492 e. The van der Waals surface area contributed by atoms with Gasteiger partial charge in [0.2, 0.25) is 15.9 Å². The van der Waals surface area contributed by atoms with Crippen LogP contribution < -0.4 is 10.1 Å². The van der Waals surface area contributed by atoms with Crippen LogP contribution in [0.4, 0.5) is 0 Å². The topological polar surface area (TPSA) is 75.7 Å². The molecule has 1 heterocycles. The van der Waals surface area contributed by atoms with E-state index < -0.39 is 10.0 Å². The number of carbonyl (C=O) groups excluding carboxylic acids is 1. The van der Waals surface area contributed by atoms with Crippen molar-refractivity contribution >= 4 is 15.9 Å². The number of piperidine rings is 1. The number of carbonyl (C=O) groups is 1. The van der Waals surface area contributed by atoms with E-state index in [0.717, 1.165) is 24.8 Å². The van der Waals surface area contributed by atoms with E-state index in [1.165, 1.54) is 11.1 Å². The molecule has 1 aliphatic heterocycles. The van der Waals surface area contributed by atoms with Gasteiger partial charge in [0.1, 0.15) is 12.4 Å². The summed E-state index contributed by atoms with van der Waals surface area (Å²) in [5.41, 5.74) is 3.37. The van der Waals surface area contributed by atoms with Crippen LogP contribution in [0.25, 0.3) is 0 Å². The van der Waals surface area contributed by atoms with Crippen molar-refractivity contribution in [2.45, 2.75) is 44.4 Å². The fourth-order valence-electron chi connectivity index (χ4n) is 3.48. The standard InChI is InChI=1S/C23H30N2O4S/c1-18-6-7-20(16-19(18)2)17-23(26)24-12-15-29-21-8-10-22(11-9-21)30(27,28)25-13-4-3-5-14-25/h6-11,16H,3-5,12-15,17H2,1-2H3,(H,24,26). The molecule has 3 rings (SSSR count). The maximum Gasteiger partial charge on any atom is 0.243 e. The van der Waals surface area contributed by atoms with Gasteiger partial charge in [0.05, 0.1) is 17.9 Å². The van der Waals surface area contributed by atoms with E-state index in [0.29, 0.717) is 43.3 Å².